The first kappa shape index (κ1) is 59.3. The van der Waals surface area contributed by atoms with Crippen LogP contribution in [-0.2, 0) is 28.6 Å². The number of unbranched alkanes of at least 4 members (excludes halogenated alkanes) is 15. The molecular formula is C58H88O6. The number of carbonyl (C=O) groups excluding carboxylic acids is 3. The van der Waals surface area contributed by atoms with Gasteiger partial charge in [0.15, 0.2) is 6.10 Å². The number of rotatable bonds is 42. The first-order valence-electron chi connectivity index (χ1n) is 25.0. The van der Waals surface area contributed by atoms with E-state index < -0.39 is 6.10 Å². The first-order valence-corrected chi connectivity index (χ1v) is 25.0. The molecule has 0 N–H and O–H groups in total. The fraction of sp³-hybridized carbons (Fsp3) is 0.534. The molecule has 0 heterocycles. The third-order valence-corrected chi connectivity index (χ3v) is 9.80. The summed E-state index contributed by atoms with van der Waals surface area (Å²) in [6.07, 6.45) is 72.6. The molecule has 1 unspecified atom stereocenters. The van der Waals surface area contributed by atoms with Crippen LogP contribution in [0.5, 0.6) is 0 Å². The normalized spacial score (nSPS) is 13.4. The second-order valence-electron chi connectivity index (χ2n) is 15.9. The maximum atomic E-state index is 12.8. The van der Waals surface area contributed by atoms with Crippen molar-refractivity contribution in [2.24, 2.45) is 0 Å². The molecule has 0 aliphatic heterocycles. The highest BCUT2D eigenvalue weighted by Gasteiger charge is 2.19. The third-order valence-electron chi connectivity index (χ3n) is 9.80. The Morgan fingerprint density at radius 1 is 0.344 bits per heavy atom. The largest absolute Gasteiger partial charge is 0.462 e. The lowest BCUT2D eigenvalue weighted by Crippen LogP contribution is -2.30. The summed E-state index contributed by atoms with van der Waals surface area (Å²) in [4.78, 5) is 37.9. The van der Waals surface area contributed by atoms with Gasteiger partial charge in [0.25, 0.3) is 0 Å². The molecule has 0 amide bonds. The van der Waals surface area contributed by atoms with Crippen LogP contribution in [0.3, 0.4) is 0 Å². The molecule has 0 bridgehead atoms. The van der Waals surface area contributed by atoms with E-state index in [9.17, 15) is 14.4 Å². The zero-order chi connectivity index (χ0) is 46.5. The van der Waals surface area contributed by atoms with Crippen LogP contribution in [0.25, 0.3) is 0 Å². The Hall–Kier alpha value is -4.71. The van der Waals surface area contributed by atoms with Crippen LogP contribution in [-0.4, -0.2) is 37.2 Å². The quantitative estimate of drug-likeness (QED) is 0.0200. The van der Waals surface area contributed by atoms with E-state index in [1.807, 2.05) is 91.1 Å². The highest BCUT2D eigenvalue weighted by atomic mass is 16.6. The van der Waals surface area contributed by atoms with Crippen molar-refractivity contribution in [1.29, 1.82) is 0 Å². The van der Waals surface area contributed by atoms with Crippen molar-refractivity contribution in [3.05, 3.63) is 146 Å². The lowest BCUT2D eigenvalue weighted by atomic mass is 10.1. The number of hydrogen-bond donors (Lipinski definition) is 0. The zero-order valence-electron chi connectivity index (χ0n) is 40.5. The Labute approximate surface area is 391 Å². The topological polar surface area (TPSA) is 78.9 Å². The molecule has 6 heteroatoms. The molecule has 6 nitrogen and oxygen atoms in total. The second-order valence-corrected chi connectivity index (χ2v) is 15.9. The molecule has 356 valence electrons. The Balaban J connectivity index is 4.62. The summed E-state index contributed by atoms with van der Waals surface area (Å²) in [6, 6.07) is 0. The van der Waals surface area contributed by atoms with Crippen LogP contribution >= 0.6 is 0 Å². The SMILES string of the molecule is CC\C=C/C=C\C=C/C=C\C=C/CCCCCC(=O)OC(COC(=O)CC/C=C\C/C=C\CCCCCCCC)COC(=O)CCCCCCC\C=C/C=C\C=C/C=C\C=C/CCC. The standard InChI is InChI=1S/C58H88O6/c1-4-7-10-13-16-19-22-25-27-28-29-31-33-36-39-42-45-48-51-57(60)63-54-55(53-62-56(59)50-47-44-41-38-35-32-24-21-18-15-12-9-6-3)64-58(61)52-49-46-43-40-37-34-30-26-23-20-17-14-11-8-5-2/h8,10-11,13-14,16-17,19-20,22-23,25-32,34-35,37,41,44,55H,4-7,9,12,15,18,21,24,33,36,38-40,42-43,45-54H2,1-3H3/b11-8-,13-10-,17-14-,19-16-,23-20-,25-22-,28-27-,30-26-,31-29-,35-32-,37-34-,44-41-. The molecule has 0 aliphatic rings. The van der Waals surface area contributed by atoms with Gasteiger partial charge in [0.05, 0.1) is 0 Å². The average Bonchev–Trinajstić information content (AvgIpc) is 3.29. The molecule has 0 saturated carbocycles. The molecule has 0 spiro atoms. The van der Waals surface area contributed by atoms with E-state index in [1.54, 1.807) is 0 Å². The summed E-state index contributed by atoms with van der Waals surface area (Å²) in [5.41, 5.74) is 0. The zero-order valence-corrected chi connectivity index (χ0v) is 40.5. The fourth-order valence-electron chi connectivity index (χ4n) is 6.07. The Bertz CT molecular complexity index is 1480. The van der Waals surface area contributed by atoms with Gasteiger partial charge in [-0.05, 0) is 77.0 Å². The molecule has 0 rings (SSSR count). The summed E-state index contributed by atoms with van der Waals surface area (Å²) in [5, 5.41) is 0. The van der Waals surface area contributed by atoms with Gasteiger partial charge in [0.1, 0.15) is 13.2 Å². The van der Waals surface area contributed by atoms with Gasteiger partial charge in [-0.2, -0.15) is 0 Å². The summed E-state index contributed by atoms with van der Waals surface area (Å²) in [7, 11) is 0. The molecule has 0 radical (unpaired) electrons. The maximum Gasteiger partial charge on any atom is 0.306 e. The van der Waals surface area contributed by atoms with Gasteiger partial charge in [-0.25, -0.2) is 0 Å². The van der Waals surface area contributed by atoms with E-state index in [2.05, 4.69) is 75.5 Å². The molecule has 0 fully saturated rings. The van der Waals surface area contributed by atoms with E-state index in [0.29, 0.717) is 19.3 Å². The second kappa shape index (κ2) is 50.9. The molecule has 0 aromatic rings. The third kappa shape index (κ3) is 48.3. The maximum absolute atomic E-state index is 12.8. The Kier molecular flexibility index (Phi) is 47.2. The van der Waals surface area contributed by atoms with E-state index in [0.717, 1.165) is 83.5 Å². The van der Waals surface area contributed by atoms with Crippen LogP contribution in [0.4, 0.5) is 0 Å². The summed E-state index contributed by atoms with van der Waals surface area (Å²) >= 11 is 0. The highest BCUT2D eigenvalue weighted by molar-refractivity contribution is 5.71. The van der Waals surface area contributed by atoms with Gasteiger partial charge < -0.3 is 14.2 Å². The van der Waals surface area contributed by atoms with Gasteiger partial charge in [-0.3, -0.25) is 14.4 Å². The number of hydrogen-bond acceptors (Lipinski definition) is 6. The van der Waals surface area contributed by atoms with E-state index >= 15 is 0 Å². The predicted molar refractivity (Wildman–Crippen MR) is 274 cm³/mol. The van der Waals surface area contributed by atoms with Crippen LogP contribution in [0.15, 0.2) is 146 Å². The number of carbonyl (C=O) groups is 3. The summed E-state index contributed by atoms with van der Waals surface area (Å²) < 4.78 is 16.7. The van der Waals surface area contributed by atoms with Crippen molar-refractivity contribution in [3.63, 3.8) is 0 Å². The molecule has 0 aromatic carbocycles. The fourth-order valence-corrected chi connectivity index (χ4v) is 6.07. The molecule has 1 atom stereocenters. The smallest absolute Gasteiger partial charge is 0.306 e. The monoisotopic (exact) mass is 881 g/mol. The minimum atomic E-state index is -0.840. The molecule has 0 aliphatic carbocycles. The van der Waals surface area contributed by atoms with Crippen LogP contribution in [0, 0.1) is 0 Å². The Morgan fingerprint density at radius 2 is 0.734 bits per heavy atom. The van der Waals surface area contributed by atoms with Gasteiger partial charge in [-0.15, -0.1) is 0 Å². The van der Waals surface area contributed by atoms with Gasteiger partial charge >= 0.3 is 17.9 Å². The highest BCUT2D eigenvalue weighted by Crippen LogP contribution is 2.11. The Morgan fingerprint density at radius 3 is 1.25 bits per heavy atom. The lowest BCUT2D eigenvalue weighted by molar-refractivity contribution is -0.166. The van der Waals surface area contributed by atoms with Crippen molar-refractivity contribution in [1.82, 2.24) is 0 Å². The van der Waals surface area contributed by atoms with Gasteiger partial charge in [-0.1, -0.05) is 231 Å². The van der Waals surface area contributed by atoms with Crippen molar-refractivity contribution in [2.75, 3.05) is 13.2 Å². The van der Waals surface area contributed by atoms with Crippen molar-refractivity contribution >= 4 is 17.9 Å². The predicted octanol–water partition coefficient (Wildman–Crippen LogP) is 16.5. The summed E-state index contributed by atoms with van der Waals surface area (Å²) in [5.74, 6) is -1.08. The van der Waals surface area contributed by atoms with Crippen molar-refractivity contribution in [2.45, 2.75) is 187 Å². The van der Waals surface area contributed by atoms with Gasteiger partial charge in [0.2, 0.25) is 0 Å². The van der Waals surface area contributed by atoms with E-state index in [1.165, 1.54) is 44.9 Å². The number of ether oxygens (including phenoxy) is 3. The van der Waals surface area contributed by atoms with E-state index in [4.69, 9.17) is 14.2 Å². The average molecular weight is 881 g/mol. The van der Waals surface area contributed by atoms with Crippen molar-refractivity contribution in [3.8, 4) is 0 Å². The number of allylic oxidation sites excluding steroid dienone is 24. The molecule has 64 heavy (non-hydrogen) atoms. The molecule has 0 aromatic heterocycles. The molecular weight excluding hydrogens is 793 g/mol. The van der Waals surface area contributed by atoms with E-state index in [-0.39, 0.29) is 44.0 Å². The minimum Gasteiger partial charge on any atom is -0.462 e. The number of esters is 3. The van der Waals surface area contributed by atoms with Crippen molar-refractivity contribution < 1.29 is 28.6 Å². The first-order chi connectivity index (χ1) is 31.5. The van der Waals surface area contributed by atoms with Crippen LogP contribution < -0.4 is 0 Å². The lowest BCUT2D eigenvalue weighted by Gasteiger charge is -2.18. The van der Waals surface area contributed by atoms with Crippen LogP contribution in [0.2, 0.25) is 0 Å². The van der Waals surface area contributed by atoms with Crippen LogP contribution in [0.1, 0.15) is 181 Å². The molecule has 0 saturated heterocycles. The minimum absolute atomic E-state index is 0.133. The van der Waals surface area contributed by atoms with Gasteiger partial charge in [0, 0.05) is 19.3 Å². The summed E-state index contributed by atoms with van der Waals surface area (Å²) in [6.45, 7) is 6.25.